The largest absolute Gasteiger partial charge is 0.396 e. The molecule has 0 radical (unpaired) electrons. The topological polar surface area (TPSA) is 35.5 Å². The van der Waals surface area contributed by atoms with Gasteiger partial charge in [0.15, 0.2) is 0 Å². The minimum Gasteiger partial charge on any atom is -0.396 e. The molecular weight excluding hydrogens is 176 g/mol. The second-order valence-electron chi connectivity index (χ2n) is 4.69. The minimum atomic E-state index is 0.322. The van der Waals surface area contributed by atoms with Crippen LogP contribution in [0.4, 0.5) is 0 Å². The van der Waals surface area contributed by atoms with Crippen LogP contribution in [0.1, 0.15) is 32.6 Å². The van der Waals surface area contributed by atoms with Gasteiger partial charge in [-0.05, 0) is 39.2 Å². The van der Waals surface area contributed by atoms with Gasteiger partial charge in [-0.3, -0.25) is 4.90 Å². The number of nitrogens with zero attached hydrogens (tertiary/aromatic N) is 1. The Balaban J connectivity index is 2.00. The van der Waals surface area contributed by atoms with E-state index in [2.05, 4.69) is 17.1 Å². The van der Waals surface area contributed by atoms with E-state index in [4.69, 9.17) is 5.11 Å². The molecule has 2 atom stereocenters. The lowest BCUT2D eigenvalue weighted by Gasteiger charge is -2.34. The lowest BCUT2D eigenvalue weighted by atomic mass is 10.1. The van der Waals surface area contributed by atoms with Gasteiger partial charge in [0.2, 0.25) is 0 Å². The summed E-state index contributed by atoms with van der Waals surface area (Å²) in [5.41, 5.74) is 0. The first-order chi connectivity index (χ1) is 6.83. The lowest BCUT2D eigenvalue weighted by molar-refractivity contribution is 0.117. The predicted octanol–water partition coefficient (Wildman–Crippen LogP) is 0.584. The maximum Gasteiger partial charge on any atom is 0.0446 e. The molecule has 1 aliphatic carbocycles. The first-order valence-corrected chi connectivity index (χ1v) is 5.92. The van der Waals surface area contributed by atoms with Crippen LogP contribution in [-0.2, 0) is 0 Å². The zero-order valence-corrected chi connectivity index (χ0v) is 9.08. The molecule has 3 nitrogen and oxygen atoms in total. The Bertz CT molecular complexity index is 182. The highest BCUT2D eigenvalue weighted by molar-refractivity contribution is 4.93. The van der Waals surface area contributed by atoms with Crippen molar-refractivity contribution in [3.63, 3.8) is 0 Å². The number of hydrogen-bond acceptors (Lipinski definition) is 3. The van der Waals surface area contributed by atoms with Crippen LogP contribution < -0.4 is 5.32 Å². The molecule has 0 aromatic rings. The molecule has 2 N–H and O–H groups in total. The van der Waals surface area contributed by atoms with E-state index in [-0.39, 0.29) is 0 Å². The van der Waals surface area contributed by atoms with Crippen LogP contribution in [0, 0.1) is 0 Å². The molecule has 0 bridgehead atoms. The molecule has 1 saturated carbocycles. The van der Waals surface area contributed by atoms with Crippen molar-refractivity contribution in [2.75, 3.05) is 19.7 Å². The van der Waals surface area contributed by atoms with Crippen molar-refractivity contribution < 1.29 is 5.11 Å². The molecule has 2 unspecified atom stereocenters. The van der Waals surface area contributed by atoms with E-state index >= 15 is 0 Å². The van der Waals surface area contributed by atoms with Crippen LogP contribution in [0.3, 0.4) is 0 Å². The lowest BCUT2D eigenvalue weighted by Crippen LogP contribution is -2.45. The molecule has 3 heteroatoms. The van der Waals surface area contributed by atoms with Crippen molar-refractivity contribution in [2.45, 2.75) is 50.7 Å². The Morgan fingerprint density at radius 1 is 1.36 bits per heavy atom. The van der Waals surface area contributed by atoms with Crippen LogP contribution in [0.2, 0.25) is 0 Å². The van der Waals surface area contributed by atoms with E-state index in [0.29, 0.717) is 18.7 Å². The van der Waals surface area contributed by atoms with Crippen LogP contribution in [0.15, 0.2) is 0 Å². The van der Waals surface area contributed by atoms with Crippen molar-refractivity contribution in [3.8, 4) is 0 Å². The minimum absolute atomic E-state index is 0.322. The summed E-state index contributed by atoms with van der Waals surface area (Å²) in [5.74, 6) is 0. The van der Waals surface area contributed by atoms with Crippen LogP contribution in [0.25, 0.3) is 0 Å². The van der Waals surface area contributed by atoms with Gasteiger partial charge in [0, 0.05) is 31.3 Å². The van der Waals surface area contributed by atoms with Crippen LogP contribution in [0.5, 0.6) is 0 Å². The van der Waals surface area contributed by atoms with Gasteiger partial charge in [0.05, 0.1) is 0 Å². The number of aliphatic hydroxyl groups is 1. The van der Waals surface area contributed by atoms with E-state index in [1.54, 1.807) is 0 Å². The van der Waals surface area contributed by atoms with E-state index in [1.807, 2.05) is 0 Å². The quantitative estimate of drug-likeness (QED) is 0.696. The highest BCUT2D eigenvalue weighted by Gasteiger charge is 2.37. The highest BCUT2D eigenvalue weighted by Crippen LogP contribution is 2.32. The summed E-state index contributed by atoms with van der Waals surface area (Å²) >= 11 is 0. The maximum atomic E-state index is 9.06. The predicted molar refractivity (Wildman–Crippen MR) is 57.3 cm³/mol. The van der Waals surface area contributed by atoms with Gasteiger partial charge in [-0.2, -0.15) is 0 Å². The number of nitrogens with one attached hydrogen (secondary N) is 1. The molecule has 0 amide bonds. The fourth-order valence-electron chi connectivity index (χ4n) is 2.62. The second kappa shape index (κ2) is 4.60. The molecule has 0 aromatic heterocycles. The molecule has 0 aromatic carbocycles. The van der Waals surface area contributed by atoms with Gasteiger partial charge < -0.3 is 10.4 Å². The fourth-order valence-corrected chi connectivity index (χ4v) is 2.62. The molecule has 2 fully saturated rings. The maximum absolute atomic E-state index is 9.06. The smallest absolute Gasteiger partial charge is 0.0446 e. The zero-order valence-electron chi connectivity index (χ0n) is 9.08. The standard InChI is InChI=1S/C11H22N2O/c1-9-4-6-12-8-11(5-7-14)13(9)10-2-3-10/h9-12,14H,2-8H2,1H3. The summed E-state index contributed by atoms with van der Waals surface area (Å²) in [6, 6.07) is 2.07. The van der Waals surface area contributed by atoms with Crippen molar-refractivity contribution in [2.24, 2.45) is 0 Å². The van der Waals surface area contributed by atoms with E-state index in [9.17, 15) is 0 Å². The Morgan fingerprint density at radius 2 is 2.14 bits per heavy atom. The average molecular weight is 198 g/mol. The first kappa shape index (κ1) is 10.4. The summed E-state index contributed by atoms with van der Waals surface area (Å²) in [6.07, 6.45) is 4.91. The molecule has 1 heterocycles. The summed E-state index contributed by atoms with van der Waals surface area (Å²) in [7, 11) is 0. The number of aliphatic hydroxyl groups excluding tert-OH is 1. The van der Waals surface area contributed by atoms with Gasteiger partial charge in [-0.25, -0.2) is 0 Å². The normalized spacial score (nSPS) is 35.6. The molecule has 1 aliphatic heterocycles. The number of rotatable bonds is 3. The highest BCUT2D eigenvalue weighted by atomic mass is 16.3. The summed E-state index contributed by atoms with van der Waals surface area (Å²) in [5, 5.41) is 12.5. The van der Waals surface area contributed by atoms with Gasteiger partial charge >= 0.3 is 0 Å². The van der Waals surface area contributed by atoms with Crippen molar-refractivity contribution >= 4 is 0 Å². The van der Waals surface area contributed by atoms with Crippen molar-refractivity contribution in [1.29, 1.82) is 0 Å². The van der Waals surface area contributed by atoms with Crippen LogP contribution >= 0.6 is 0 Å². The van der Waals surface area contributed by atoms with Crippen LogP contribution in [-0.4, -0.2) is 47.8 Å². The van der Waals surface area contributed by atoms with Crippen molar-refractivity contribution in [1.82, 2.24) is 10.2 Å². The first-order valence-electron chi connectivity index (χ1n) is 5.92. The third-order valence-corrected chi connectivity index (χ3v) is 3.48. The summed E-state index contributed by atoms with van der Waals surface area (Å²) in [6.45, 7) is 4.84. The van der Waals surface area contributed by atoms with Gasteiger partial charge in [-0.1, -0.05) is 0 Å². The number of hydrogen-bond donors (Lipinski definition) is 2. The molecule has 14 heavy (non-hydrogen) atoms. The second-order valence-corrected chi connectivity index (χ2v) is 4.69. The SMILES string of the molecule is CC1CCNCC(CCO)N1C1CC1. The Hall–Kier alpha value is -0.120. The fraction of sp³-hybridized carbons (Fsp3) is 1.00. The summed E-state index contributed by atoms with van der Waals surface area (Å²) in [4.78, 5) is 2.65. The summed E-state index contributed by atoms with van der Waals surface area (Å²) < 4.78 is 0. The Kier molecular flexibility index (Phi) is 3.42. The molecule has 0 spiro atoms. The zero-order chi connectivity index (χ0) is 9.97. The van der Waals surface area contributed by atoms with Gasteiger partial charge in [-0.15, -0.1) is 0 Å². The average Bonchev–Trinajstić information content (AvgIpc) is 2.94. The molecule has 1 saturated heterocycles. The Morgan fingerprint density at radius 3 is 2.79 bits per heavy atom. The van der Waals surface area contributed by atoms with E-state index in [1.165, 1.54) is 19.3 Å². The van der Waals surface area contributed by atoms with E-state index in [0.717, 1.165) is 25.6 Å². The molecular formula is C11H22N2O. The molecule has 2 aliphatic rings. The third-order valence-electron chi connectivity index (χ3n) is 3.48. The van der Waals surface area contributed by atoms with Gasteiger partial charge in [0.25, 0.3) is 0 Å². The van der Waals surface area contributed by atoms with Gasteiger partial charge in [0.1, 0.15) is 0 Å². The van der Waals surface area contributed by atoms with E-state index < -0.39 is 0 Å². The molecule has 2 rings (SSSR count). The molecule has 82 valence electrons. The monoisotopic (exact) mass is 198 g/mol. The third kappa shape index (κ3) is 2.27. The van der Waals surface area contributed by atoms with Crippen molar-refractivity contribution in [3.05, 3.63) is 0 Å². The Labute approximate surface area is 86.5 Å².